The molecule has 1 aromatic carbocycles. The van der Waals surface area contributed by atoms with Gasteiger partial charge in [-0.3, -0.25) is 4.90 Å². The van der Waals surface area contributed by atoms with Gasteiger partial charge in [0, 0.05) is 18.8 Å². The molecule has 0 bridgehead atoms. The van der Waals surface area contributed by atoms with Crippen LogP contribution in [0.25, 0.3) is 0 Å². The molecule has 0 aromatic heterocycles. The monoisotopic (exact) mass is 234 g/mol. The van der Waals surface area contributed by atoms with Gasteiger partial charge in [0.25, 0.3) is 0 Å². The van der Waals surface area contributed by atoms with Gasteiger partial charge in [-0.1, -0.05) is 0 Å². The second-order valence-corrected chi connectivity index (χ2v) is 4.33. The molecule has 2 amide bonds. The van der Waals surface area contributed by atoms with Crippen molar-refractivity contribution >= 4 is 11.7 Å². The zero-order chi connectivity index (χ0) is 12.3. The summed E-state index contributed by atoms with van der Waals surface area (Å²) in [5, 5.41) is 3.00. The smallest absolute Gasteiger partial charge is 0.321 e. The van der Waals surface area contributed by atoms with E-state index in [1.165, 1.54) is 6.42 Å². The molecule has 0 unspecified atom stereocenters. The quantitative estimate of drug-likeness (QED) is 0.872. The van der Waals surface area contributed by atoms with E-state index >= 15 is 0 Å². The van der Waals surface area contributed by atoms with Crippen molar-refractivity contribution < 1.29 is 9.53 Å². The van der Waals surface area contributed by atoms with E-state index in [9.17, 15) is 4.79 Å². The van der Waals surface area contributed by atoms with E-state index in [2.05, 4.69) is 5.32 Å². The number of carbonyl (C=O) groups excluding carboxylic acids is 1. The van der Waals surface area contributed by atoms with Crippen LogP contribution in [0.1, 0.15) is 19.3 Å². The van der Waals surface area contributed by atoms with Gasteiger partial charge in [-0.25, -0.2) is 4.79 Å². The summed E-state index contributed by atoms with van der Waals surface area (Å²) in [4.78, 5) is 13.5. The highest BCUT2D eigenvalue weighted by atomic mass is 16.5. The number of amides is 2. The first-order chi connectivity index (χ1) is 8.20. The maximum absolute atomic E-state index is 11.9. The first-order valence-electron chi connectivity index (χ1n) is 5.89. The van der Waals surface area contributed by atoms with Gasteiger partial charge in [-0.15, -0.1) is 0 Å². The number of hydrogen-bond donors (Lipinski definition) is 1. The average molecular weight is 234 g/mol. The first kappa shape index (κ1) is 11.8. The van der Waals surface area contributed by atoms with Crippen LogP contribution in [0.3, 0.4) is 0 Å². The zero-order valence-electron chi connectivity index (χ0n) is 10.3. The maximum atomic E-state index is 11.9. The van der Waals surface area contributed by atoms with Crippen LogP contribution in [0.15, 0.2) is 24.3 Å². The van der Waals surface area contributed by atoms with E-state index in [0.717, 1.165) is 24.3 Å². The second-order valence-electron chi connectivity index (χ2n) is 4.33. The van der Waals surface area contributed by atoms with Crippen molar-refractivity contribution in [1.29, 1.82) is 0 Å². The fourth-order valence-electron chi connectivity index (χ4n) is 1.75. The van der Waals surface area contributed by atoms with Gasteiger partial charge in [0.15, 0.2) is 0 Å². The van der Waals surface area contributed by atoms with Crippen LogP contribution in [0.2, 0.25) is 0 Å². The zero-order valence-corrected chi connectivity index (χ0v) is 10.3. The highest BCUT2D eigenvalue weighted by molar-refractivity contribution is 5.91. The molecule has 0 heterocycles. The summed E-state index contributed by atoms with van der Waals surface area (Å²) < 4.78 is 5.08. The van der Waals surface area contributed by atoms with Crippen LogP contribution in [-0.2, 0) is 0 Å². The molecule has 1 fully saturated rings. The Labute approximate surface area is 102 Å². The molecule has 1 aromatic rings. The fourth-order valence-corrected chi connectivity index (χ4v) is 1.75. The Kier molecular flexibility index (Phi) is 3.52. The molecule has 17 heavy (non-hydrogen) atoms. The number of carbonyl (C=O) groups is 1. The van der Waals surface area contributed by atoms with Gasteiger partial charge in [0.2, 0.25) is 0 Å². The highest BCUT2D eigenvalue weighted by Gasteiger charge is 2.21. The number of urea groups is 1. The van der Waals surface area contributed by atoms with Crippen LogP contribution in [0.4, 0.5) is 10.5 Å². The molecule has 92 valence electrons. The van der Waals surface area contributed by atoms with E-state index in [-0.39, 0.29) is 6.03 Å². The summed E-state index contributed by atoms with van der Waals surface area (Å²) in [6.07, 6.45) is 3.42. The molecule has 1 saturated carbocycles. The summed E-state index contributed by atoms with van der Waals surface area (Å²) in [7, 11) is 3.40. The molecule has 4 heteroatoms. The van der Waals surface area contributed by atoms with Gasteiger partial charge in [0.1, 0.15) is 5.75 Å². The number of ether oxygens (including phenoxy) is 1. The van der Waals surface area contributed by atoms with Crippen molar-refractivity contribution in [2.45, 2.75) is 25.3 Å². The third kappa shape index (κ3) is 2.70. The third-order valence-corrected chi connectivity index (χ3v) is 3.20. The van der Waals surface area contributed by atoms with Crippen molar-refractivity contribution in [3.8, 4) is 5.75 Å². The maximum Gasteiger partial charge on any atom is 0.321 e. The molecule has 2 rings (SSSR count). The summed E-state index contributed by atoms with van der Waals surface area (Å²) in [5.41, 5.74) is 0.864. The predicted octanol–water partition coefficient (Wildman–Crippen LogP) is 2.39. The largest absolute Gasteiger partial charge is 0.497 e. The minimum atomic E-state index is -0.0418. The normalized spacial score (nSPS) is 14.9. The standard InChI is InChI=1S/C13H18N2O2/c1-15(13(16)14-10-4-3-5-10)11-6-8-12(17-2)9-7-11/h6-10H,3-5H2,1-2H3,(H,14,16). The fraction of sp³-hybridized carbons (Fsp3) is 0.462. The minimum absolute atomic E-state index is 0.0418. The highest BCUT2D eigenvalue weighted by Crippen LogP contribution is 2.20. The van der Waals surface area contributed by atoms with Crippen LogP contribution in [0, 0.1) is 0 Å². The summed E-state index contributed by atoms with van der Waals surface area (Å²) in [5.74, 6) is 0.793. The molecular weight excluding hydrogens is 216 g/mol. The Bertz CT molecular complexity index is 385. The van der Waals surface area contributed by atoms with Crippen molar-refractivity contribution in [1.82, 2.24) is 5.32 Å². The Morgan fingerprint density at radius 1 is 1.35 bits per heavy atom. The van der Waals surface area contributed by atoms with E-state index in [0.29, 0.717) is 6.04 Å². The van der Waals surface area contributed by atoms with E-state index in [4.69, 9.17) is 4.74 Å². The van der Waals surface area contributed by atoms with Crippen molar-refractivity contribution in [2.24, 2.45) is 0 Å². The summed E-state index contributed by atoms with van der Waals surface area (Å²) in [6, 6.07) is 7.77. The Balaban J connectivity index is 1.96. The van der Waals surface area contributed by atoms with Crippen molar-refractivity contribution in [3.05, 3.63) is 24.3 Å². The molecule has 0 atom stereocenters. The first-order valence-corrected chi connectivity index (χ1v) is 5.89. The lowest BCUT2D eigenvalue weighted by Crippen LogP contribution is -2.46. The molecule has 1 aliphatic rings. The number of methoxy groups -OCH3 is 1. The summed E-state index contributed by atoms with van der Waals surface area (Å²) >= 11 is 0. The number of rotatable bonds is 3. The Morgan fingerprint density at radius 3 is 2.47 bits per heavy atom. The number of nitrogens with zero attached hydrogens (tertiary/aromatic N) is 1. The lowest BCUT2D eigenvalue weighted by atomic mass is 9.93. The molecule has 0 saturated heterocycles. The number of benzene rings is 1. The minimum Gasteiger partial charge on any atom is -0.497 e. The van der Waals surface area contributed by atoms with Gasteiger partial charge in [-0.05, 0) is 43.5 Å². The molecule has 4 nitrogen and oxygen atoms in total. The Hall–Kier alpha value is -1.71. The van der Waals surface area contributed by atoms with Crippen molar-refractivity contribution in [3.63, 3.8) is 0 Å². The number of anilines is 1. The third-order valence-electron chi connectivity index (χ3n) is 3.20. The molecule has 1 N–H and O–H groups in total. The van der Waals surface area contributed by atoms with Crippen LogP contribution < -0.4 is 15.0 Å². The lowest BCUT2D eigenvalue weighted by Gasteiger charge is -2.29. The summed E-state index contributed by atoms with van der Waals surface area (Å²) in [6.45, 7) is 0. The SMILES string of the molecule is COc1ccc(N(C)C(=O)NC2CCC2)cc1. The average Bonchev–Trinajstić information content (AvgIpc) is 2.32. The molecule has 0 aliphatic heterocycles. The van der Waals surface area contributed by atoms with E-state index < -0.39 is 0 Å². The van der Waals surface area contributed by atoms with Crippen LogP contribution >= 0.6 is 0 Å². The molecular formula is C13H18N2O2. The van der Waals surface area contributed by atoms with Crippen LogP contribution in [-0.4, -0.2) is 26.2 Å². The predicted molar refractivity (Wildman–Crippen MR) is 67.6 cm³/mol. The second kappa shape index (κ2) is 5.08. The Morgan fingerprint density at radius 2 is 2.00 bits per heavy atom. The lowest BCUT2D eigenvalue weighted by molar-refractivity contribution is 0.235. The molecule has 0 radical (unpaired) electrons. The van der Waals surface area contributed by atoms with Crippen molar-refractivity contribution in [2.75, 3.05) is 19.1 Å². The van der Waals surface area contributed by atoms with Gasteiger partial charge < -0.3 is 10.1 Å². The van der Waals surface area contributed by atoms with Gasteiger partial charge in [-0.2, -0.15) is 0 Å². The van der Waals surface area contributed by atoms with Gasteiger partial charge >= 0.3 is 6.03 Å². The van der Waals surface area contributed by atoms with E-state index in [1.54, 1.807) is 19.1 Å². The van der Waals surface area contributed by atoms with Crippen LogP contribution in [0.5, 0.6) is 5.75 Å². The topological polar surface area (TPSA) is 41.6 Å². The molecule has 0 spiro atoms. The van der Waals surface area contributed by atoms with Gasteiger partial charge in [0.05, 0.1) is 7.11 Å². The number of hydrogen-bond acceptors (Lipinski definition) is 2. The number of nitrogens with one attached hydrogen (secondary N) is 1. The molecule has 1 aliphatic carbocycles. The van der Waals surface area contributed by atoms with E-state index in [1.807, 2.05) is 24.3 Å².